The quantitative estimate of drug-likeness (QED) is 0.270. The van der Waals surface area contributed by atoms with Crippen LogP contribution in [0.3, 0.4) is 0 Å². The molecule has 1 aliphatic rings. The maximum Gasteiger partial charge on any atom is 0.271 e. The van der Waals surface area contributed by atoms with Crippen molar-refractivity contribution in [3.05, 3.63) is 98.9 Å². The minimum atomic E-state index is -4.29. The van der Waals surface area contributed by atoms with Crippen LogP contribution in [0.5, 0.6) is 11.5 Å². The molecule has 1 amide bonds. The molecule has 3 aromatic carbocycles. The molecule has 0 unspecified atom stereocenters. The topological polar surface area (TPSA) is 116 Å². The number of rotatable bonds is 7. The molecule has 4 rings (SSSR count). The third kappa shape index (κ3) is 4.47. The molecule has 9 nitrogen and oxygen atoms in total. The molecule has 35 heavy (non-hydrogen) atoms. The van der Waals surface area contributed by atoms with Crippen LogP contribution in [0.15, 0.2) is 77.7 Å². The number of methoxy groups -OCH3 is 1. The van der Waals surface area contributed by atoms with Crippen molar-refractivity contribution in [2.75, 3.05) is 18.6 Å². The van der Waals surface area contributed by atoms with E-state index >= 15 is 0 Å². The number of nitro groups is 1. The van der Waals surface area contributed by atoms with Crippen LogP contribution in [-0.2, 0) is 14.6 Å². The van der Waals surface area contributed by atoms with Crippen molar-refractivity contribution in [2.45, 2.75) is 12.3 Å². The van der Waals surface area contributed by atoms with Gasteiger partial charge in [-0.1, -0.05) is 30.3 Å². The summed E-state index contributed by atoms with van der Waals surface area (Å²) in [6.07, 6.45) is 1.27. The highest BCUT2D eigenvalue weighted by Gasteiger charge is 2.50. The van der Waals surface area contributed by atoms with Crippen molar-refractivity contribution < 1.29 is 27.6 Å². The molecular formula is C25H22N2O7S. The smallest absolute Gasteiger partial charge is 0.271 e. The molecule has 0 N–H and O–H groups in total. The highest BCUT2D eigenvalue weighted by Crippen LogP contribution is 2.44. The van der Waals surface area contributed by atoms with Gasteiger partial charge in [0.2, 0.25) is 9.84 Å². The summed E-state index contributed by atoms with van der Waals surface area (Å²) in [6.45, 7) is 2.27. The van der Waals surface area contributed by atoms with E-state index in [9.17, 15) is 23.3 Å². The van der Waals surface area contributed by atoms with Crippen LogP contribution < -0.4 is 14.4 Å². The zero-order valence-corrected chi connectivity index (χ0v) is 19.8. The molecule has 180 valence electrons. The summed E-state index contributed by atoms with van der Waals surface area (Å²) < 4.78 is 38.3. The highest BCUT2D eigenvalue weighted by atomic mass is 32.2. The van der Waals surface area contributed by atoms with Gasteiger partial charge in [-0.15, -0.1) is 0 Å². The zero-order valence-electron chi connectivity index (χ0n) is 19.0. The van der Waals surface area contributed by atoms with Crippen LogP contribution in [-0.4, -0.2) is 33.0 Å². The van der Waals surface area contributed by atoms with Crippen LogP contribution in [0, 0.1) is 10.1 Å². The Labute approximate surface area is 202 Å². The molecule has 1 aliphatic heterocycles. The first-order valence-corrected chi connectivity index (χ1v) is 12.2. The second-order valence-electron chi connectivity index (χ2n) is 7.60. The molecule has 0 radical (unpaired) electrons. The Morgan fingerprint density at radius 3 is 2.43 bits per heavy atom. The Morgan fingerprint density at radius 1 is 1.06 bits per heavy atom. The average Bonchev–Trinajstić information content (AvgIpc) is 3.05. The lowest BCUT2D eigenvalue weighted by molar-refractivity contribution is -0.384. The molecule has 0 bridgehead atoms. The second kappa shape index (κ2) is 9.59. The Bertz CT molecular complexity index is 1420. The molecule has 1 heterocycles. The fourth-order valence-corrected chi connectivity index (χ4v) is 5.79. The molecule has 3 aromatic rings. The lowest BCUT2D eigenvalue weighted by Gasteiger charge is -2.23. The van der Waals surface area contributed by atoms with Gasteiger partial charge in [0.1, 0.15) is 16.4 Å². The van der Waals surface area contributed by atoms with Gasteiger partial charge in [-0.3, -0.25) is 19.8 Å². The number of anilines is 1. The fraction of sp³-hybridized carbons (Fsp3) is 0.160. The van der Waals surface area contributed by atoms with Gasteiger partial charge in [-0.25, -0.2) is 8.42 Å². The largest absolute Gasteiger partial charge is 0.496 e. The molecule has 1 atom stereocenters. The molecule has 10 heteroatoms. The third-order valence-corrected chi connectivity index (χ3v) is 7.46. The van der Waals surface area contributed by atoms with Crippen LogP contribution in [0.4, 0.5) is 11.4 Å². The van der Waals surface area contributed by atoms with Crippen LogP contribution in [0.1, 0.15) is 23.4 Å². The molecule has 1 fully saturated rings. The van der Waals surface area contributed by atoms with E-state index in [1.165, 1.54) is 37.5 Å². The van der Waals surface area contributed by atoms with E-state index < -0.39 is 30.9 Å². The summed E-state index contributed by atoms with van der Waals surface area (Å²) in [5.74, 6) is 0.202. The number of carbonyl (C=O) groups excluding carboxylic acids is 1. The normalized spacial score (nSPS) is 18.0. The van der Waals surface area contributed by atoms with Gasteiger partial charge in [0.15, 0.2) is 5.37 Å². The predicted octanol–water partition coefficient (Wildman–Crippen LogP) is 4.50. The maximum absolute atomic E-state index is 13.8. The summed E-state index contributed by atoms with van der Waals surface area (Å²) >= 11 is 0. The van der Waals surface area contributed by atoms with Gasteiger partial charge in [-0.2, -0.15) is 0 Å². The van der Waals surface area contributed by atoms with Crippen molar-refractivity contribution >= 4 is 33.2 Å². The number of hydrogen-bond acceptors (Lipinski definition) is 7. The first-order valence-electron chi connectivity index (χ1n) is 10.7. The zero-order chi connectivity index (χ0) is 25.2. The summed E-state index contributed by atoms with van der Waals surface area (Å²) in [5.41, 5.74) is 0.541. The van der Waals surface area contributed by atoms with Crippen LogP contribution in [0.25, 0.3) is 6.08 Å². The van der Waals surface area contributed by atoms with Crippen LogP contribution >= 0.6 is 0 Å². The molecule has 0 aromatic heterocycles. The van der Waals surface area contributed by atoms with Gasteiger partial charge in [0, 0.05) is 23.4 Å². The van der Waals surface area contributed by atoms with Crippen LogP contribution in [0.2, 0.25) is 0 Å². The van der Waals surface area contributed by atoms with E-state index in [1.54, 1.807) is 48.5 Å². The van der Waals surface area contributed by atoms with Gasteiger partial charge in [0.05, 0.1) is 18.6 Å². The van der Waals surface area contributed by atoms with E-state index in [0.717, 1.165) is 4.90 Å². The molecule has 0 saturated carbocycles. The van der Waals surface area contributed by atoms with Crippen molar-refractivity contribution in [3.8, 4) is 11.5 Å². The highest BCUT2D eigenvalue weighted by molar-refractivity contribution is 7.97. The van der Waals surface area contributed by atoms with Gasteiger partial charge < -0.3 is 9.47 Å². The Hall–Kier alpha value is -4.18. The number of nitro benzene ring substituents is 1. The minimum absolute atomic E-state index is 0.102. The van der Waals surface area contributed by atoms with Gasteiger partial charge in [0.25, 0.3) is 11.6 Å². The average molecular weight is 495 g/mol. The van der Waals surface area contributed by atoms with E-state index in [-0.39, 0.29) is 11.3 Å². The number of amides is 1. The van der Waals surface area contributed by atoms with E-state index in [1.807, 2.05) is 6.92 Å². The van der Waals surface area contributed by atoms with Gasteiger partial charge in [-0.05, 0) is 48.9 Å². The van der Waals surface area contributed by atoms with Crippen molar-refractivity contribution in [3.63, 3.8) is 0 Å². The summed E-state index contributed by atoms with van der Waals surface area (Å²) in [6, 6.07) is 18.4. The number of para-hydroxylation sites is 1. The molecule has 0 spiro atoms. The third-order valence-electron chi connectivity index (χ3n) is 5.48. The molecule has 0 aliphatic carbocycles. The summed E-state index contributed by atoms with van der Waals surface area (Å²) in [5, 5.41) is 9.86. The monoisotopic (exact) mass is 494 g/mol. The summed E-state index contributed by atoms with van der Waals surface area (Å²) in [4.78, 5) is 25.0. The van der Waals surface area contributed by atoms with E-state index in [4.69, 9.17) is 9.47 Å². The van der Waals surface area contributed by atoms with Crippen molar-refractivity contribution in [1.82, 2.24) is 0 Å². The number of non-ortho nitro benzene ring substituents is 1. The SMILES string of the molecule is CCOc1ccc(N2C(=O)/C(=C\c3ccccc3OC)S(=O)(=O)[C@@H]2c2cccc([N+](=O)[O-])c2)cc1. The first-order chi connectivity index (χ1) is 16.8. The predicted molar refractivity (Wildman–Crippen MR) is 131 cm³/mol. The van der Waals surface area contributed by atoms with E-state index in [2.05, 4.69) is 0 Å². The number of ether oxygens (including phenoxy) is 2. The Kier molecular flexibility index (Phi) is 6.57. The summed E-state index contributed by atoms with van der Waals surface area (Å²) in [7, 11) is -2.84. The Morgan fingerprint density at radius 2 is 1.77 bits per heavy atom. The number of carbonyl (C=O) groups is 1. The van der Waals surface area contributed by atoms with E-state index in [0.29, 0.717) is 29.4 Å². The number of sulfone groups is 1. The molecular weight excluding hydrogens is 472 g/mol. The number of hydrogen-bond donors (Lipinski definition) is 0. The number of nitrogens with zero attached hydrogens (tertiary/aromatic N) is 2. The van der Waals surface area contributed by atoms with Crippen molar-refractivity contribution in [2.24, 2.45) is 0 Å². The second-order valence-corrected chi connectivity index (χ2v) is 9.58. The van der Waals surface area contributed by atoms with Gasteiger partial charge >= 0.3 is 0 Å². The lowest BCUT2D eigenvalue weighted by Crippen LogP contribution is -2.29. The number of benzene rings is 3. The standard InChI is InChI=1S/C25H22N2O7S/c1-3-34-21-13-11-19(12-14-21)26-24(28)23(16-17-7-4-5-10-22(17)33-2)35(31,32)25(26)18-8-6-9-20(15-18)27(29)30/h4-16,25H,3H2,1-2H3/b23-16+/t25-/m1/s1. The first kappa shape index (κ1) is 24.0. The lowest BCUT2D eigenvalue weighted by atomic mass is 10.1. The fourth-order valence-electron chi connectivity index (χ4n) is 3.92. The maximum atomic E-state index is 13.8. The minimum Gasteiger partial charge on any atom is -0.496 e. The Balaban J connectivity index is 1.91. The van der Waals surface area contributed by atoms with Crippen molar-refractivity contribution in [1.29, 1.82) is 0 Å². The molecule has 1 saturated heterocycles.